The number of Topliss-reactive ketones (excluding diaryl/α,β-unsaturated/α-hetero) is 1. The second-order valence-electron chi connectivity index (χ2n) is 4.05. The van der Waals surface area contributed by atoms with Crippen LogP contribution in [0.1, 0.15) is 12.8 Å². The van der Waals surface area contributed by atoms with E-state index in [0.717, 1.165) is 0 Å². The molecule has 1 heterocycles. The lowest BCUT2D eigenvalue weighted by molar-refractivity contribution is -0.120. The Balaban J connectivity index is 2.05. The zero-order valence-corrected chi connectivity index (χ0v) is 11.1. The summed E-state index contributed by atoms with van der Waals surface area (Å²) in [7, 11) is 0. The maximum Gasteiger partial charge on any atom is 0.321 e. The largest absolute Gasteiger partial charge is 0.324 e. The summed E-state index contributed by atoms with van der Waals surface area (Å²) in [5.41, 5.74) is 0.405. The van der Waals surface area contributed by atoms with E-state index >= 15 is 0 Å². The van der Waals surface area contributed by atoms with Gasteiger partial charge in [0.2, 0.25) is 0 Å². The molecule has 0 unspecified atom stereocenters. The SMILES string of the molecule is O=C1CCN(C(=O)Nc2c(Cl)cccc2Cl)CC1. The first-order valence-corrected chi connectivity index (χ1v) is 6.35. The number of hydrogen-bond donors (Lipinski definition) is 1. The molecule has 2 amide bonds. The molecule has 0 radical (unpaired) electrons. The molecule has 0 aromatic heterocycles. The maximum atomic E-state index is 12.0. The van der Waals surface area contributed by atoms with E-state index in [1.54, 1.807) is 23.1 Å². The van der Waals surface area contributed by atoms with Gasteiger partial charge in [0.15, 0.2) is 0 Å². The van der Waals surface area contributed by atoms with Gasteiger partial charge in [0.1, 0.15) is 5.78 Å². The molecular weight excluding hydrogens is 275 g/mol. The first-order valence-electron chi connectivity index (χ1n) is 5.59. The smallest absolute Gasteiger partial charge is 0.321 e. The van der Waals surface area contributed by atoms with E-state index in [2.05, 4.69) is 5.32 Å². The summed E-state index contributed by atoms with van der Waals surface area (Å²) >= 11 is 11.9. The van der Waals surface area contributed by atoms with Crippen LogP contribution in [0.2, 0.25) is 10.0 Å². The predicted molar refractivity (Wildman–Crippen MR) is 71.3 cm³/mol. The summed E-state index contributed by atoms with van der Waals surface area (Å²) in [6.45, 7) is 0.874. The Morgan fingerprint density at radius 1 is 1.17 bits per heavy atom. The first-order chi connectivity index (χ1) is 8.58. The van der Waals surface area contributed by atoms with Gasteiger partial charge in [-0.3, -0.25) is 4.79 Å². The Labute approximate surface area is 115 Å². The fraction of sp³-hybridized carbons (Fsp3) is 0.333. The number of carbonyl (C=O) groups excluding carboxylic acids is 2. The molecule has 0 bridgehead atoms. The van der Waals surface area contributed by atoms with Crippen molar-refractivity contribution in [2.75, 3.05) is 18.4 Å². The second kappa shape index (κ2) is 5.59. The molecule has 6 heteroatoms. The van der Waals surface area contributed by atoms with Crippen molar-refractivity contribution in [2.45, 2.75) is 12.8 Å². The van der Waals surface area contributed by atoms with Crippen molar-refractivity contribution in [3.8, 4) is 0 Å². The van der Waals surface area contributed by atoms with Crippen molar-refractivity contribution >= 4 is 40.7 Å². The van der Waals surface area contributed by atoms with E-state index in [1.165, 1.54) is 0 Å². The molecule has 0 aliphatic carbocycles. The van der Waals surface area contributed by atoms with Gasteiger partial charge < -0.3 is 10.2 Å². The van der Waals surface area contributed by atoms with Crippen LogP contribution in [0.4, 0.5) is 10.5 Å². The minimum absolute atomic E-state index is 0.190. The van der Waals surface area contributed by atoms with Gasteiger partial charge in [0.25, 0.3) is 0 Å². The number of benzene rings is 1. The zero-order valence-electron chi connectivity index (χ0n) is 9.58. The van der Waals surface area contributed by atoms with Crippen LogP contribution in [-0.4, -0.2) is 29.8 Å². The average molecular weight is 287 g/mol. The van der Waals surface area contributed by atoms with Gasteiger partial charge in [-0.1, -0.05) is 29.3 Å². The number of piperidine rings is 1. The van der Waals surface area contributed by atoms with Crippen molar-refractivity contribution in [3.63, 3.8) is 0 Å². The standard InChI is InChI=1S/C12H12Cl2N2O2/c13-9-2-1-3-10(14)11(9)15-12(18)16-6-4-8(17)5-7-16/h1-3H,4-7H2,(H,15,18). The van der Waals surface area contributed by atoms with Crippen LogP contribution in [0.5, 0.6) is 0 Å². The predicted octanol–water partition coefficient (Wildman–Crippen LogP) is 3.19. The molecule has 2 rings (SSSR count). The molecule has 1 aromatic rings. The van der Waals surface area contributed by atoms with Crippen molar-refractivity contribution < 1.29 is 9.59 Å². The second-order valence-corrected chi connectivity index (χ2v) is 4.87. The zero-order chi connectivity index (χ0) is 13.1. The van der Waals surface area contributed by atoms with Gasteiger partial charge in [-0.15, -0.1) is 0 Å². The number of para-hydroxylation sites is 1. The van der Waals surface area contributed by atoms with Crippen LogP contribution in [0.3, 0.4) is 0 Å². The highest BCUT2D eigenvalue weighted by molar-refractivity contribution is 6.39. The number of halogens is 2. The highest BCUT2D eigenvalue weighted by Crippen LogP contribution is 2.30. The highest BCUT2D eigenvalue weighted by atomic mass is 35.5. The fourth-order valence-corrected chi connectivity index (χ4v) is 2.25. The summed E-state index contributed by atoms with van der Waals surface area (Å²) in [5, 5.41) is 3.46. The van der Waals surface area contributed by atoms with E-state index in [1.807, 2.05) is 0 Å². The molecule has 4 nitrogen and oxygen atoms in total. The lowest BCUT2D eigenvalue weighted by Crippen LogP contribution is -2.41. The van der Waals surface area contributed by atoms with Crippen LogP contribution in [-0.2, 0) is 4.79 Å². The third-order valence-corrected chi connectivity index (χ3v) is 3.43. The molecule has 96 valence electrons. The topological polar surface area (TPSA) is 49.4 Å². The van der Waals surface area contributed by atoms with Gasteiger partial charge in [0, 0.05) is 25.9 Å². The van der Waals surface area contributed by atoms with Crippen LogP contribution >= 0.6 is 23.2 Å². The van der Waals surface area contributed by atoms with E-state index in [-0.39, 0.29) is 11.8 Å². The lowest BCUT2D eigenvalue weighted by Gasteiger charge is -2.26. The molecule has 1 saturated heterocycles. The van der Waals surface area contributed by atoms with Gasteiger partial charge >= 0.3 is 6.03 Å². The van der Waals surface area contributed by atoms with Crippen molar-refractivity contribution in [1.29, 1.82) is 0 Å². The summed E-state index contributed by atoms with van der Waals surface area (Å²) in [5.74, 6) is 0.190. The van der Waals surface area contributed by atoms with E-state index in [0.29, 0.717) is 41.7 Å². The number of anilines is 1. The van der Waals surface area contributed by atoms with E-state index < -0.39 is 0 Å². The maximum absolute atomic E-state index is 12.0. The summed E-state index contributed by atoms with van der Waals surface area (Å²) in [6, 6.07) is 4.74. The molecule has 18 heavy (non-hydrogen) atoms. The molecule has 0 atom stereocenters. The molecule has 1 aromatic carbocycles. The number of amides is 2. The van der Waals surface area contributed by atoms with Crippen LogP contribution in [0, 0.1) is 0 Å². The third kappa shape index (κ3) is 2.94. The number of urea groups is 1. The van der Waals surface area contributed by atoms with Gasteiger partial charge in [0.05, 0.1) is 15.7 Å². The van der Waals surface area contributed by atoms with Crippen molar-refractivity contribution in [2.24, 2.45) is 0 Å². The molecular formula is C12H12Cl2N2O2. The number of likely N-dealkylation sites (tertiary alicyclic amines) is 1. The van der Waals surface area contributed by atoms with Gasteiger partial charge in [-0.25, -0.2) is 4.79 Å². The van der Waals surface area contributed by atoms with Gasteiger partial charge in [-0.2, -0.15) is 0 Å². The Kier molecular flexibility index (Phi) is 4.09. The Hall–Kier alpha value is -1.26. The summed E-state index contributed by atoms with van der Waals surface area (Å²) in [6.07, 6.45) is 0.813. The average Bonchev–Trinajstić information content (AvgIpc) is 2.34. The van der Waals surface area contributed by atoms with Crippen molar-refractivity contribution in [1.82, 2.24) is 4.90 Å². The fourth-order valence-electron chi connectivity index (χ4n) is 1.76. The molecule has 0 saturated carbocycles. The van der Waals surface area contributed by atoms with E-state index in [9.17, 15) is 9.59 Å². The number of nitrogens with one attached hydrogen (secondary N) is 1. The number of rotatable bonds is 1. The van der Waals surface area contributed by atoms with Gasteiger partial charge in [-0.05, 0) is 12.1 Å². The minimum Gasteiger partial charge on any atom is -0.324 e. The molecule has 1 aliphatic rings. The third-order valence-electron chi connectivity index (χ3n) is 2.80. The van der Waals surface area contributed by atoms with Crippen LogP contribution in [0.25, 0.3) is 0 Å². The number of nitrogens with zero attached hydrogens (tertiary/aromatic N) is 1. The van der Waals surface area contributed by atoms with Crippen molar-refractivity contribution in [3.05, 3.63) is 28.2 Å². The van der Waals surface area contributed by atoms with E-state index in [4.69, 9.17) is 23.2 Å². The summed E-state index contributed by atoms with van der Waals surface area (Å²) in [4.78, 5) is 24.6. The Bertz CT molecular complexity index is 461. The molecule has 1 N–H and O–H groups in total. The highest BCUT2D eigenvalue weighted by Gasteiger charge is 2.21. The molecule has 1 aliphatic heterocycles. The van der Waals surface area contributed by atoms with Crippen LogP contribution in [0.15, 0.2) is 18.2 Å². The Morgan fingerprint density at radius 3 is 2.28 bits per heavy atom. The molecule has 1 fully saturated rings. The monoisotopic (exact) mass is 286 g/mol. The Morgan fingerprint density at radius 2 is 1.72 bits per heavy atom. The normalized spacial score (nSPS) is 15.7. The first kappa shape index (κ1) is 13.2. The minimum atomic E-state index is -0.280. The number of ketones is 1. The number of carbonyl (C=O) groups is 2. The van der Waals surface area contributed by atoms with Crippen LogP contribution < -0.4 is 5.32 Å². The molecule has 0 spiro atoms. The quantitative estimate of drug-likeness (QED) is 0.862. The summed E-state index contributed by atoms with van der Waals surface area (Å²) < 4.78 is 0. The lowest BCUT2D eigenvalue weighted by atomic mass is 10.1. The number of hydrogen-bond acceptors (Lipinski definition) is 2.